The molecule has 0 fully saturated rings. The summed E-state index contributed by atoms with van der Waals surface area (Å²) < 4.78 is 0. The van der Waals surface area contributed by atoms with E-state index in [9.17, 15) is 0 Å². The maximum absolute atomic E-state index is 2.37. The normalized spacial score (nSPS) is 20.1. The van der Waals surface area contributed by atoms with E-state index in [1.807, 2.05) is 27.7 Å². The summed E-state index contributed by atoms with van der Waals surface area (Å²) in [7, 11) is 0. The minimum absolute atomic E-state index is 0.370. The van der Waals surface area contributed by atoms with Crippen LogP contribution in [0.3, 0.4) is 0 Å². The molecule has 0 aromatic heterocycles. The summed E-state index contributed by atoms with van der Waals surface area (Å²) in [5.41, 5.74) is 3.49. The van der Waals surface area contributed by atoms with E-state index in [1.54, 1.807) is 11.1 Å². The molecule has 0 radical (unpaired) electrons. The molecule has 2 rings (SSSR count). The van der Waals surface area contributed by atoms with Crippen LogP contribution in [0.15, 0.2) is 24.3 Å². The number of hydrogen-bond acceptors (Lipinski definition) is 0. The van der Waals surface area contributed by atoms with Crippen molar-refractivity contribution in [1.29, 1.82) is 0 Å². The highest BCUT2D eigenvalue weighted by Gasteiger charge is 2.32. The fraction of sp³-hybridized carbons (Fsp3) is 0.647. The lowest BCUT2D eigenvalue weighted by Crippen LogP contribution is -2.32. The molecule has 1 aromatic carbocycles. The molecule has 0 aliphatic heterocycles. The van der Waals surface area contributed by atoms with Gasteiger partial charge < -0.3 is 0 Å². The van der Waals surface area contributed by atoms with Gasteiger partial charge in [-0.2, -0.15) is 0 Å². The minimum atomic E-state index is 0.370. The van der Waals surface area contributed by atoms with E-state index in [2.05, 4.69) is 45.0 Å². The van der Waals surface area contributed by atoms with Gasteiger partial charge in [0.25, 0.3) is 0 Å². The lowest BCUT2D eigenvalue weighted by atomic mass is 9.66. The van der Waals surface area contributed by atoms with Crippen LogP contribution < -0.4 is 0 Å². The zero-order valence-electron chi connectivity index (χ0n) is 12.8. The first-order chi connectivity index (χ1) is 8.12. The molecule has 17 heavy (non-hydrogen) atoms. The third-order valence-electron chi connectivity index (χ3n) is 3.79. The van der Waals surface area contributed by atoms with E-state index in [0.29, 0.717) is 5.41 Å². The summed E-state index contributed by atoms with van der Waals surface area (Å²) >= 11 is 0. The molecule has 0 N–H and O–H groups in total. The number of aryl methyl sites for hydroxylation is 1. The average Bonchev–Trinajstić information content (AvgIpc) is 2.39. The lowest BCUT2D eigenvalue weighted by molar-refractivity contribution is 0.302. The van der Waals surface area contributed by atoms with E-state index in [4.69, 9.17) is 0 Å². The largest absolute Gasteiger partial charge is 0.0683 e. The topological polar surface area (TPSA) is 0 Å². The van der Waals surface area contributed by atoms with Crippen molar-refractivity contribution in [2.24, 2.45) is 5.92 Å². The smallest absolute Gasteiger partial charge is 0.00751 e. The molecule has 0 saturated heterocycles. The van der Waals surface area contributed by atoms with Gasteiger partial charge in [0.1, 0.15) is 0 Å². The fourth-order valence-electron chi connectivity index (χ4n) is 2.37. The lowest BCUT2D eigenvalue weighted by Gasteiger charge is -2.38. The van der Waals surface area contributed by atoms with Crippen LogP contribution in [0.5, 0.6) is 0 Å². The molecule has 0 saturated carbocycles. The quantitative estimate of drug-likeness (QED) is 0.548. The first kappa shape index (κ1) is 16.2. The van der Waals surface area contributed by atoms with Gasteiger partial charge in [-0.05, 0) is 35.3 Å². The molecule has 1 aromatic rings. The first-order valence-corrected chi connectivity index (χ1v) is 7.21. The van der Waals surface area contributed by atoms with Crippen LogP contribution in [-0.4, -0.2) is 0 Å². The minimum Gasteiger partial charge on any atom is -0.0683 e. The molecule has 1 atom stereocenters. The van der Waals surface area contributed by atoms with Crippen molar-refractivity contribution in [2.75, 3.05) is 0 Å². The van der Waals surface area contributed by atoms with Crippen LogP contribution >= 0.6 is 0 Å². The summed E-state index contributed by atoms with van der Waals surface area (Å²) in [6.45, 7) is 15.1. The van der Waals surface area contributed by atoms with Crippen molar-refractivity contribution in [3.05, 3.63) is 35.4 Å². The third kappa shape index (κ3) is 3.59. The van der Waals surface area contributed by atoms with Gasteiger partial charge in [0.15, 0.2) is 0 Å². The Hall–Kier alpha value is -0.780. The van der Waals surface area contributed by atoms with Crippen LogP contribution in [0.25, 0.3) is 0 Å². The highest BCUT2D eigenvalue weighted by Crippen LogP contribution is 2.40. The molecular weight excluding hydrogens is 204 g/mol. The van der Waals surface area contributed by atoms with Gasteiger partial charge in [-0.3, -0.25) is 0 Å². The maximum Gasteiger partial charge on any atom is -0.00751 e. The average molecular weight is 234 g/mol. The zero-order chi connectivity index (χ0) is 13.5. The van der Waals surface area contributed by atoms with Crippen LogP contribution in [-0.2, 0) is 11.8 Å². The second-order valence-electron chi connectivity index (χ2n) is 4.82. The van der Waals surface area contributed by atoms with Gasteiger partial charge in [-0.25, -0.2) is 0 Å². The van der Waals surface area contributed by atoms with Crippen LogP contribution in [0.1, 0.15) is 66.0 Å². The van der Waals surface area contributed by atoms with Crippen LogP contribution in [0, 0.1) is 5.92 Å². The monoisotopic (exact) mass is 234 g/mol. The summed E-state index contributed by atoms with van der Waals surface area (Å²) in [5, 5.41) is 0. The Morgan fingerprint density at radius 2 is 1.53 bits per heavy atom. The summed E-state index contributed by atoms with van der Waals surface area (Å²) in [5.74, 6) is 0.808. The highest BCUT2D eigenvalue weighted by atomic mass is 14.4. The highest BCUT2D eigenvalue weighted by molar-refractivity contribution is 5.36. The Morgan fingerprint density at radius 1 is 1.00 bits per heavy atom. The molecule has 0 heterocycles. The van der Waals surface area contributed by atoms with Gasteiger partial charge in [0.05, 0.1) is 0 Å². The van der Waals surface area contributed by atoms with Crippen LogP contribution in [0.2, 0.25) is 0 Å². The van der Waals surface area contributed by atoms with E-state index in [0.717, 1.165) is 5.92 Å². The SMILES string of the molecule is CC.CC.CC1CCc2ccccc2C1(C)C. The number of benzene rings is 1. The Balaban J connectivity index is 0.000000581. The van der Waals surface area contributed by atoms with Crippen molar-refractivity contribution >= 4 is 0 Å². The van der Waals surface area contributed by atoms with Crippen LogP contribution in [0.4, 0.5) is 0 Å². The van der Waals surface area contributed by atoms with Crippen molar-refractivity contribution in [2.45, 2.75) is 66.7 Å². The molecule has 0 bridgehead atoms. The number of hydrogen-bond donors (Lipinski definition) is 0. The van der Waals surface area contributed by atoms with Crippen molar-refractivity contribution < 1.29 is 0 Å². The molecule has 0 spiro atoms. The number of rotatable bonds is 0. The standard InChI is InChI=1S/C13H18.2C2H6/c1-10-8-9-11-6-4-5-7-12(11)13(10,2)3;2*1-2/h4-7,10H,8-9H2,1-3H3;2*1-2H3. The molecule has 1 unspecified atom stereocenters. The van der Waals surface area contributed by atoms with Gasteiger partial charge in [0.2, 0.25) is 0 Å². The second kappa shape index (κ2) is 7.53. The van der Waals surface area contributed by atoms with E-state index in [-0.39, 0.29) is 0 Å². The van der Waals surface area contributed by atoms with Crippen molar-refractivity contribution in [1.82, 2.24) is 0 Å². The Kier molecular flexibility index (Phi) is 7.18. The first-order valence-electron chi connectivity index (χ1n) is 7.21. The Labute approximate surface area is 108 Å². The molecule has 0 amide bonds. The molecule has 1 aliphatic rings. The van der Waals surface area contributed by atoms with Gasteiger partial charge >= 0.3 is 0 Å². The van der Waals surface area contributed by atoms with Crippen molar-refractivity contribution in [3.63, 3.8) is 0 Å². The molecule has 0 heteroatoms. The van der Waals surface area contributed by atoms with E-state index < -0.39 is 0 Å². The molecule has 1 aliphatic carbocycles. The predicted octanol–water partition coefficient (Wildman–Crippen LogP) is 5.60. The fourth-order valence-corrected chi connectivity index (χ4v) is 2.37. The predicted molar refractivity (Wildman–Crippen MR) is 79.6 cm³/mol. The van der Waals surface area contributed by atoms with E-state index in [1.165, 1.54) is 12.8 Å². The van der Waals surface area contributed by atoms with Gasteiger partial charge in [-0.1, -0.05) is 72.7 Å². The van der Waals surface area contributed by atoms with Crippen molar-refractivity contribution in [3.8, 4) is 0 Å². The zero-order valence-corrected chi connectivity index (χ0v) is 12.8. The summed E-state index contributed by atoms with van der Waals surface area (Å²) in [6.07, 6.45) is 2.60. The van der Waals surface area contributed by atoms with Gasteiger partial charge in [0, 0.05) is 0 Å². The number of fused-ring (bicyclic) bond motifs is 1. The summed E-state index contributed by atoms with van der Waals surface area (Å²) in [6, 6.07) is 8.90. The van der Waals surface area contributed by atoms with Gasteiger partial charge in [-0.15, -0.1) is 0 Å². The molecule has 0 nitrogen and oxygen atoms in total. The second-order valence-corrected chi connectivity index (χ2v) is 4.82. The third-order valence-corrected chi connectivity index (χ3v) is 3.79. The molecule has 98 valence electrons. The Morgan fingerprint density at radius 3 is 2.12 bits per heavy atom. The summed E-state index contributed by atoms with van der Waals surface area (Å²) in [4.78, 5) is 0. The molecular formula is C17H30. The maximum atomic E-state index is 2.37. The van der Waals surface area contributed by atoms with E-state index >= 15 is 0 Å². The Bertz CT molecular complexity index is 310.